The van der Waals surface area contributed by atoms with Crippen molar-refractivity contribution in [1.29, 1.82) is 0 Å². The number of benzene rings is 1. The Morgan fingerprint density at radius 3 is 2.83 bits per heavy atom. The Morgan fingerprint density at radius 2 is 2.22 bits per heavy atom. The monoisotopic (exact) mass is 307 g/mol. The van der Waals surface area contributed by atoms with Gasteiger partial charge in [-0.25, -0.2) is 4.98 Å². The minimum absolute atomic E-state index is 0.251. The number of hydrogen-bond acceptors (Lipinski definition) is 4. The van der Waals surface area contributed by atoms with E-state index in [1.54, 1.807) is 31.5 Å². The number of amides is 1. The summed E-state index contributed by atoms with van der Waals surface area (Å²) in [5.74, 6) is 0.833. The van der Waals surface area contributed by atoms with E-state index in [1.165, 1.54) is 12.4 Å². The minimum Gasteiger partial charge on any atom is -0.496 e. The molecule has 0 bridgehead atoms. The molecule has 0 fully saturated rings. The van der Waals surface area contributed by atoms with Crippen LogP contribution in [0.2, 0.25) is 0 Å². The predicted octanol–water partition coefficient (Wildman–Crippen LogP) is 2.50. The molecule has 0 aliphatic rings. The first-order chi connectivity index (χ1) is 8.70. The van der Waals surface area contributed by atoms with E-state index in [2.05, 4.69) is 31.2 Å². The van der Waals surface area contributed by atoms with Crippen molar-refractivity contribution in [1.82, 2.24) is 9.97 Å². The van der Waals surface area contributed by atoms with E-state index in [-0.39, 0.29) is 5.91 Å². The molecule has 1 heterocycles. The first-order valence-electron chi connectivity index (χ1n) is 5.11. The third kappa shape index (κ3) is 2.84. The molecule has 92 valence electrons. The van der Waals surface area contributed by atoms with Gasteiger partial charge in [0.1, 0.15) is 5.75 Å². The van der Waals surface area contributed by atoms with Crippen molar-refractivity contribution in [3.8, 4) is 5.75 Å². The lowest BCUT2D eigenvalue weighted by atomic mass is 10.2. The lowest BCUT2D eigenvalue weighted by Gasteiger charge is -2.06. The molecule has 0 spiro atoms. The molecule has 2 aromatic rings. The van der Waals surface area contributed by atoms with E-state index in [1.807, 2.05) is 0 Å². The highest BCUT2D eigenvalue weighted by Gasteiger charge is 2.09. The van der Waals surface area contributed by atoms with Gasteiger partial charge in [0.15, 0.2) is 5.82 Å². The molecule has 1 amide bonds. The molecule has 0 saturated heterocycles. The van der Waals surface area contributed by atoms with Gasteiger partial charge in [0.2, 0.25) is 0 Å². The molecule has 0 atom stereocenters. The Kier molecular flexibility index (Phi) is 3.88. The van der Waals surface area contributed by atoms with E-state index in [4.69, 9.17) is 4.74 Å². The number of halogens is 1. The van der Waals surface area contributed by atoms with Crippen molar-refractivity contribution >= 4 is 27.7 Å². The normalized spacial score (nSPS) is 9.89. The number of carbonyl (C=O) groups is 1. The Labute approximate surface area is 112 Å². The van der Waals surface area contributed by atoms with Crippen LogP contribution in [0.15, 0.2) is 41.3 Å². The summed E-state index contributed by atoms with van der Waals surface area (Å²) < 4.78 is 5.82. The number of methoxy groups -OCH3 is 1. The number of nitrogens with one attached hydrogen (secondary N) is 1. The molecule has 1 aromatic carbocycles. The van der Waals surface area contributed by atoms with Gasteiger partial charge in [-0.15, -0.1) is 0 Å². The van der Waals surface area contributed by atoms with Gasteiger partial charge in [-0.2, -0.15) is 0 Å². The zero-order valence-corrected chi connectivity index (χ0v) is 11.1. The molecular formula is C12H10BrN3O2. The van der Waals surface area contributed by atoms with Gasteiger partial charge < -0.3 is 10.1 Å². The second kappa shape index (κ2) is 5.59. The van der Waals surface area contributed by atoms with Crippen LogP contribution in [0.25, 0.3) is 0 Å². The number of aromatic nitrogens is 2. The van der Waals surface area contributed by atoms with Gasteiger partial charge in [0, 0.05) is 18.0 Å². The standard InChI is InChI=1S/C12H10BrN3O2/c1-18-10-3-2-8(6-9(10)13)12(17)16-11-7-14-4-5-15-11/h2-7H,1H3,(H,15,16,17). The third-order valence-corrected chi connectivity index (χ3v) is 2.84. The van der Waals surface area contributed by atoms with E-state index < -0.39 is 0 Å². The maximum Gasteiger partial charge on any atom is 0.256 e. The molecule has 2 rings (SSSR count). The number of nitrogens with zero attached hydrogens (tertiary/aromatic N) is 2. The van der Waals surface area contributed by atoms with Gasteiger partial charge in [0.25, 0.3) is 5.91 Å². The van der Waals surface area contributed by atoms with Gasteiger partial charge in [-0.3, -0.25) is 9.78 Å². The second-order valence-corrected chi connectivity index (χ2v) is 4.25. The zero-order chi connectivity index (χ0) is 13.0. The maximum atomic E-state index is 11.9. The zero-order valence-electron chi connectivity index (χ0n) is 9.55. The van der Waals surface area contributed by atoms with Crippen molar-refractivity contribution in [2.24, 2.45) is 0 Å². The summed E-state index contributed by atoms with van der Waals surface area (Å²) in [5, 5.41) is 2.65. The summed E-state index contributed by atoms with van der Waals surface area (Å²) in [4.78, 5) is 19.8. The molecule has 6 heteroatoms. The number of hydrogen-bond donors (Lipinski definition) is 1. The fraction of sp³-hybridized carbons (Fsp3) is 0.0833. The summed E-state index contributed by atoms with van der Waals surface area (Å²) in [6.45, 7) is 0. The fourth-order valence-electron chi connectivity index (χ4n) is 1.36. The van der Waals surface area contributed by atoms with Crippen LogP contribution < -0.4 is 10.1 Å². The first kappa shape index (κ1) is 12.5. The maximum absolute atomic E-state index is 11.9. The summed E-state index contributed by atoms with van der Waals surface area (Å²) in [7, 11) is 1.57. The quantitative estimate of drug-likeness (QED) is 0.946. The third-order valence-electron chi connectivity index (χ3n) is 2.22. The average molecular weight is 308 g/mol. The molecular weight excluding hydrogens is 298 g/mol. The first-order valence-corrected chi connectivity index (χ1v) is 5.91. The van der Waals surface area contributed by atoms with Crippen molar-refractivity contribution in [3.63, 3.8) is 0 Å². The minimum atomic E-state index is -0.251. The number of rotatable bonds is 3. The molecule has 1 N–H and O–H groups in total. The summed E-state index contributed by atoms with van der Waals surface area (Å²) >= 11 is 3.33. The SMILES string of the molecule is COc1ccc(C(=O)Nc2cnccn2)cc1Br. The Balaban J connectivity index is 2.17. The number of carbonyl (C=O) groups excluding carboxylic acids is 1. The van der Waals surface area contributed by atoms with Gasteiger partial charge >= 0.3 is 0 Å². The van der Waals surface area contributed by atoms with Crippen LogP contribution in [0.1, 0.15) is 10.4 Å². The smallest absolute Gasteiger partial charge is 0.256 e. The Bertz CT molecular complexity index is 561. The molecule has 0 aliphatic carbocycles. The Morgan fingerprint density at radius 1 is 1.39 bits per heavy atom. The predicted molar refractivity (Wildman–Crippen MR) is 70.7 cm³/mol. The van der Waals surface area contributed by atoms with Crippen molar-refractivity contribution < 1.29 is 9.53 Å². The molecule has 0 aliphatic heterocycles. The van der Waals surface area contributed by atoms with Crippen molar-refractivity contribution in [2.45, 2.75) is 0 Å². The van der Waals surface area contributed by atoms with Crippen LogP contribution in [-0.2, 0) is 0 Å². The largest absolute Gasteiger partial charge is 0.496 e. The van der Waals surface area contributed by atoms with Crippen LogP contribution >= 0.6 is 15.9 Å². The lowest BCUT2D eigenvalue weighted by Crippen LogP contribution is -2.13. The summed E-state index contributed by atoms with van der Waals surface area (Å²) in [6.07, 6.45) is 4.54. The van der Waals surface area contributed by atoms with Gasteiger partial charge in [-0.05, 0) is 34.1 Å². The second-order valence-electron chi connectivity index (χ2n) is 3.39. The van der Waals surface area contributed by atoms with Gasteiger partial charge in [0.05, 0.1) is 17.8 Å². The molecule has 1 aromatic heterocycles. The van der Waals surface area contributed by atoms with E-state index in [0.29, 0.717) is 17.1 Å². The molecule has 0 radical (unpaired) electrons. The highest BCUT2D eigenvalue weighted by molar-refractivity contribution is 9.10. The average Bonchev–Trinajstić information content (AvgIpc) is 2.39. The summed E-state index contributed by atoms with van der Waals surface area (Å²) in [6, 6.07) is 5.08. The topological polar surface area (TPSA) is 64.1 Å². The van der Waals surface area contributed by atoms with E-state index in [0.717, 1.165) is 4.47 Å². The summed E-state index contributed by atoms with van der Waals surface area (Å²) in [5.41, 5.74) is 0.508. The van der Waals surface area contributed by atoms with Crippen LogP contribution in [-0.4, -0.2) is 23.0 Å². The van der Waals surface area contributed by atoms with Gasteiger partial charge in [-0.1, -0.05) is 0 Å². The molecule has 18 heavy (non-hydrogen) atoms. The van der Waals surface area contributed by atoms with Crippen LogP contribution in [0.3, 0.4) is 0 Å². The van der Waals surface area contributed by atoms with Crippen molar-refractivity contribution in [2.75, 3.05) is 12.4 Å². The molecule has 0 unspecified atom stereocenters. The lowest BCUT2D eigenvalue weighted by molar-refractivity contribution is 0.102. The van der Waals surface area contributed by atoms with E-state index in [9.17, 15) is 4.79 Å². The van der Waals surface area contributed by atoms with Crippen LogP contribution in [0.5, 0.6) is 5.75 Å². The number of anilines is 1. The fourth-order valence-corrected chi connectivity index (χ4v) is 1.90. The Hall–Kier alpha value is -1.95. The van der Waals surface area contributed by atoms with Crippen LogP contribution in [0, 0.1) is 0 Å². The molecule has 5 nitrogen and oxygen atoms in total. The number of ether oxygens (including phenoxy) is 1. The highest BCUT2D eigenvalue weighted by Crippen LogP contribution is 2.25. The highest BCUT2D eigenvalue weighted by atomic mass is 79.9. The molecule has 0 saturated carbocycles. The van der Waals surface area contributed by atoms with Crippen LogP contribution in [0.4, 0.5) is 5.82 Å². The van der Waals surface area contributed by atoms with Crippen molar-refractivity contribution in [3.05, 3.63) is 46.8 Å². The van der Waals surface area contributed by atoms with E-state index >= 15 is 0 Å².